The number of carbonyl (C=O) groups is 1. The first-order chi connectivity index (χ1) is 8.37. The molecule has 0 aliphatic carbocycles. The van der Waals surface area contributed by atoms with E-state index in [-0.39, 0.29) is 15.5 Å². The van der Waals surface area contributed by atoms with E-state index in [9.17, 15) is 9.18 Å². The van der Waals surface area contributed by atoms with Crippen molar-refractivity contribution in [1.29, 1.82) is 0 Å². The molecule has 0 radical (unpaired) electrons. The first-order valence-electron chi connectivity index (χ1n) is 5.65. The molecule has 1 amide bonds. The van der Waals surface area contributed by atoms with Crippen molar-refractivity contribution in [2.45, 2.75) is 20.3 Å². The lowest BCUT2D eigenvalue weighted by molar-refractivity contribution is 0.0931. The quantitative estimate of drug-likeness (QED) is 0.810. The van der Waals surface area contributed by atoms with Crippen LogP contribution in [-0.4, -0.2) is 18.3 Å². The Labute approximate surface area is 120 Å². The number of alkyl halides is 1. The molecule has 1 rings (SSSR count). The monoisotopic (exact) mass is 335 g/mol. The zero-order valence-corrected chi connectivity index (χ0v) is 12.7. The first kappa shape index (κ1) is 15.4. The molecule has 0 heterocycles. The summed E-state index contributed by atoms with van der Waals surface area (Å²) in [4.78, 5) is 11.9. The van der Waals surface area contributed by atoms with Crippen LogP contribution in [0.5, 0.6) is 0 Å². The number of nitrogens with one attached hydrogen (secondary N) is 1. The lowest BCUT2D eigenvalue weighted by atomic mass is 9.90. The van der Waals surface area contributed by atoms with Gasteiger partial charge >= 0.3 is 0 Å². The van der Waals surface area contributed by atoms with Gasteiger partial charge in [0.2, 0.25) is 0 Å². The number of carbonyl (C=O) groups excluding carboxylic acids is 1. The largest absolute Gasteiger partial charge is 0.351 e. The lowest BCUT2D eigenvalue weighted by Gasteiger charge is -2.23. The summed E-state index contributed by atoms with van der Waals surface area (Å²) < 4.78 is 14.0. The summed E-state index contributed by atoms with van der Waals surface area (Å²) in [6, 6.07) is 4.65. The average Bonchev–Trinajstić information content (AvgIpc) is 2.30. The van der Waals surface area contributed by atoms with Crippen molar-refractivity contribution in [3.63, 3.8) is 0 Å². The van der Waals surface area contributed by atoms with Gasteiger partial charge in [0.1, 0.15) is 5.82 Å². The topological polar surface area (TPSA) is 29.1 Å². The SMILES string of the molecule is CC(C)(CCCl)CNC(=O)c1cccc(Br)c1F. The van der Waals surface area contributed by atoms with Gasteiger partial charge in [0.15, 0.2) is 0 Å². The lowest BCUT2D eigenvalue weighted by Crippen LogP contribution is -2.34. The Bertz CT molecular complexity index is 437. The molecule has 0 spiro atoms. The van der Waals surface area contributed by atoms with E-state index in [2.05, 4.69) is 21.2 Å². The van der Waals surface area contributed by atoms with E-state index in [4.69, 9.17) is 11.6 Å². The molecule has 1 aromatic carbocycles. The zero-order chi connectivity index (χ0) is 13.8. The average molecular weight is 337 g/mol. The van der Waals surface area contributed by atoms with Crippen LogP contribution in [0, 0.1) is 11.2 Å². The highest BCUT2D eigenvalue weighted by Gasteiger charge is 2.20. The summed E-state index contributed by atoms with van der Waals surface area (Å²) in [5, 5.41) is 2.73. The van der Waals surface area contributed by atoms with Gasteiger partial charge in [-0.05, 0) is 39.9 Å². The van der Waals surface area contributed by atoms with Crippen LogP contribution in [0.2, 0.25) is 0 Å². The first-order valence-corrected chi connectivity index (χ1v) is 6.98. The molecule has 0 bridgehead atoms. The van der Waals surface area contributed by atoms with Crippen molar-refractivity contribution >= 4 is 33.4 Å². The minimum Gasteiger partial charge on any atom is -0.351 e. The Morgan fingerprint density at radius 3 is 2.78 bits per heavy atom. The molecular weight excluding hydrogens is 321 g/mol. The second kappa shape index (κ2) is 6.53. The third-order valence-corrected chi connectivity index (χ3v) is 3.50. The molecule has 1 aromatic rings. The maximum Gasteiger partial charge on any atom is 0.254 e. The van der Waals surface area contributed by atoms with E-state index >= 15 is 0 Å². The summed E-state index contributed by atoms with van der Waals surface area (Å²) >= 11 is 8.74. The Morgan fingerprint density at radius 2 is 2.17 bits per heavy atom. The molecule has 2 nitrogen and oxygen atoms in total. The number of amides is 1. The van der Waals surface area contributed by atoms with Gasteiger partial charge < -0.3 is 5.32 Å². The summed E-state index contributed by atoms with van der Waals surface area (Å²) in [5.74, 6) is -0.407. The van der Waals surface area contributed by atoms with Gasteiger partial charge in [-0.1, -0.05) is 19.9 Å². The van der Waals surface area contributed by atoms with Crippen molar-refractivity contribution in [2.24, 2.45) is 5.41 Å². The van der Waals surface area contributed by atoms with Crippen LogP contribution in [0.4, 0.5) is 4.39 Å². The Hall–Kier alpha value is -0.610. The number of rotatable bonds is 5. The van der Waals surface area contributed by atoms with Gasteiger partial charge in [0.25, 0.3) is 5.91 Å². The van der Waals surface area contributed by atoms with Gasteiger partial charge in [0.05, 0.1) is 10.0 Å². The Balaban J connectivity index is 2.69. The maximum atomic E-state index is 13.7. The molecule has 100 valence electrons. The predicted molar refractivity (Wildman–Crippen MR) is 75.6 cm³/mol. The highest BCUT2D eigenvalue weighted by Crippen LogP contribution is 2.21. The fraction of sp³-hybridized carbons (Fsp3) is 0.462. The molecule has 0 atom stereocenters. The molecule has 5 heteroatoms. The normalized spacial score (nSPS) is 11.4. The number of halogens is 3. The third kappa shape index (κ3) is 4.25. The van der Waals surface area contributed by atoms with Crippen LogP contribution in [-0.2, 0) is 0 Å². The van der Waals surface area contributed by atoms with Gasteiger partial charge in [-0.3, -0.25) is 4.79 Å². The van der Waals surface area contributed by atoms with Crippen LogP contribution in [0.3, 0.4) is 0 Å². The van der Waals surface area contributed by atoms with Crippen LogP contribution in [0.1, 0.15) is 30.6 Å². The summed E-state index contributed by atoms with van der Waals surface area (Å²) in [6.45, 7) is 4.48. The fourth-order valence-electron chi connectivity index (χ4n) is 1.44. The van der Waals surface area contributed by atoms with Gasteiger partial charge in [-0.15, -0.1) is 11.6 Å². The molecule has 0 aliphatic heterocycles. The van der Waals surface area contributed by atoms with Gasteiger partial charge in [-0.25, -0.2) is 4.39 Å². The smallest absolute Gasteiger partial charge is 0.254 e. The summed E-state index contributed by atoms with van der Waals surface area (Å²) in [7, 11) is 0. The number of benzene rings is 1. The zero-order valence-electron chi connectivity index (χ0n) is 10.4. The minimum absolute atomic E-state index is 0.0473. The Kier molecular flexibility index (Phi) is 5.60. The van der Waals surface area contributed by atoms with E-state index in [1.165, 1.54) is 6.07 Å². The van der Waals surface area contributed by atoms with E-state index in [1.807, 2.05) is 13.8 Å². The second-order valence-electron chi connectivity index (χ2n) is 4.89. The van der Waals surface area contributed by atoms with Crippen LogP contribution < -0.4 is 5.32 Å². The van der Waals surface area contributed by atoms with Crippen LogP contribution >= 0.6 is 27.5 Å². The highest BCUT2D eigenvalue weighted by atomic mass is 79.9. The van der Waals surface area contributed by atoms with Gasteiger partial charge in [-0.2, -0.15) is 0 Å². The number of hydrogen-bond donors (Lipinski definition) is 1. The Morgan fingerprint density at radius 1 is 1.50 bits per heavy atom. The molecule has 0 aliphatic rings. The maximum absolute atomic E-state index is 13.7. The standard InChI is InChI=1S/C13H16BrClFNO/c1-13(2,6-7-15)8-17-12(18)9-4-3-5-10(14)11(9)16/h3-5H,6-8H2,1-2H3,(H,17,18). The van der Waals surface area contributed by atoms with Crippen LogP contribution in [0.15, 0.2) is 22.7 Å². The summed E-state index contributed by atoms with van der Waals surface area (Å²) in [5.41, 5.74) is -0.0501. The van der Waals surface area contributed by atoms with Crippen molar-refractivity contribution in [3.05, 3.63) is 34.1 Å². The molecule has 0 fully saturated rings. The fourth-order valence-corrected chi connectivity index (χ4v) is 2.32. The molecule has 18 heavy (non-hydrogen) atoms. The third-order valence-electron chi connectivity index (χ3n) is 2.69. The van der Waals surface area contributed by atoms with Crippen molar-refractivity contribution in [1.82, 2.24) is 5.32 Å². The molecule has 0 aromatic heterocycles. The molecule has 0 unspecified atom stereocenters. The van der Waals surface area contributed by atoms with E-state index in [0.717, 1.165) is 6.42 Å². The molecule has 0 saturated carbocycles. The van der Waals surface area contributed by atoms with Crippen LogP contribution in [0.25, 0.3) is 0 Å². The number of hydrogen-bond acceptors (Lipinski definition) is 1. The summed E-state index contributed by atoms with van der Waals surface area (Å²) in [6.07, 6.45) is 0.788. The van der Waals surface area contributed by atoms with Crippen molar-refractivity contribution < 1.29 is 9.18 Å². The molecular formula is C13H16BrClFNO. The highest BCUT2D eigenvalue weighted by molar-refractivity contribution is 9.10. The predicted octanol–water partition coefficient (Wildman–Crippen LogP) is 3.97. The molecule has 1 N–H and O–H groups in total. The van der Waals surface area contributed by atoms with Crippen molar-refractivity contribution in [2.75, 3.05) is 12.4 Å². The van der Waals surface area contributed by atoms with E-state index in [0.29, 0.717) is 12.4 Å². The van der Waals surface area contributed by atoms with Crippen molar-refractivity contribution in [3.8, 4) is 0 Å². The van der Waals surface area contributed by atoms with E-state index < -0.39 is 11.7 Å². The minimum atomic E-state index is -0.537. The van der Waals surface area contributed by atoms with E-state index in [1.54, 1.807) is 12.1 Å². The second-order valence-corrected chi connectivity index (χ2v) is 6.12. The molecule has 0 saturated heterocycles. The van der Waals surface area contributed by atoms with Gasteiger partial charge in [0, 0.05) is 12.4 Å².